The molecule has 2 aromatic carbocycles. The van der Waals surface area contributed by atoms with Crippen LogP contribution in [0, 0.1) is 0 Å². The summed E-state index contributed by atoms with van der Waals surface area (Å²) in [4.78, 5) is 7.26. The van der Waals surface area contributed by atoms with Crippen molar-refractivity contribution < 1.29 is 9.47 Å². The minimum Gasteiger partial charge on any atom is -0.379 e. The topological polar surface area (TPSA) is 58.1 Å². The number of rotatable bonds is 10. The Kier molecular flexibility index (Phi) is 9.53. The lowest BCUT2D eigenvalue weighted by atomic mass is 10.0. The van der Waals surface area contributed by atoms with E-state index in [1.54, 1.807) is 0 Å². The molecular weight excluding hydrogens is 400 g/mol. The summed E-state index contributed by atoms with van der Waals surface area (Å²) in [6.45, 7) is 13.7. The lowest BCUT2D eigenvalue weighted by Crippen LogP contribution is -2.56. The predicted molar refractivity (Wildman–Crippen MR) is 131 cm³/mol. The van der Waals surface area contributed by atoms with Crippen molar-refractivity contribution in [1.29, 1.82) is 0 Å². The zero-order chi connectivity index (χ0) is 22.7. The van der Waals surface area contributed by atoms with Crippen LogP contribution in [0.2, 0.25) is 0 Å². The third-order valence-electron chi connectivity index (χ3n) is 5.72. The Balaban J connectivity index is 1.47. The van der Waals surface area contributed by atoms with E-state index in [0.29, 0.717) is 19.8 Å². The monoisotopic (exact) mass is 438 g/mol. The molecule has 0 bridgehead atoms. The average molecular weight is 439 g/mol. The van der Waals surface area contributed by atoms with Gasteiger partial charge in [-0.2, -0.15) is 0 Å². The van der Waals surface area contributed by atoms with E-state index in [-0.39, 0.29) is 5.54 Å². The Morgan fingerprint density at radius 2 is 1.56 bits per heavy atom. The zero-order valence-corrected chi connectivity index (χ0v) is 19.8. The molecular formula is C26H38N4O2. The molecule has 32 heavy (non-hydrogen) atoms. The van der Waals surface area contributed by atoms with Gasteiger partial charge in [0.1, 0.15) is 0 Å². The van der Waals surface area contributed by atoms with Crippen LogP contribution in [0.4, 0.5) is 0 Å². The molecule has 174 valence electrons. The summed E-state index contributed by atoms with van der Waals surface area (Å²) in [6, 6.07) is 18.8. The van der Waals surface area contributed by atoms with Crippen LogP contribution in [0.15, 0.2) is 59.6 Å². The van der Waals surface area contributed by atoms with E-state index in [4.69, 9.17) is 14.5 Å². The van der Waals surface area contributed by atoms with Crippen molar-refractivity contribution in [3.8, 4) is 0 Å². The van der Waals surface area contributed by atoms with Crippen molar-refractivity contribution in [1.82, 2.24) is 15.5 Å². The van der Waals surface area contributed by atoms with Crippen molar-refractivity contribution in [2.75, 3.05) is 39.4 Å². The first-order chi connectivity index (χ1) is 15.6. The molecule has 1 aliphatic rings. The van der Waals surface area contributed by atoms with Crippen LogP contribution in [-0.4, -0.2) is 55.8 Å². The normalized spacial score (nSPS) is 15.5. The van der Waals surface area contributed by atoms with Gasteiger partial charge < -0.3 is 20.1 Å². The summed E-state index contributed by atoms with van der Waals surface area (Å²) in [5.41, 5.74) is 3.59. The van der Waals surface area contributed by atoms with Crippen molar-refractivity contribution in [2.45, 2.75) is 46.1 Å². The third-order valence-corrected chi connectivity index (χ3v) is 5.72. The molecule has 2 N–H and O–H groups in total. The molecule has 0 amide bonds. The fraction of sp³-hybridized carbons (Fsp3) is 0.500. The van der Waals surface area contributed by atoms with Crippen LogP contribution in [0.5, 0.6) is 0 Å². The maximum Gasteiger partial charge on any atom is 0.191 e. The predicted octanol–water partition coefficient (Wildman–Crippen LogP) is 3.57. The van der Waals surface area contributed by atoms with Gasteiger partial charge in [-0.05, 0) is 37.5 Å². The molecule has 1 heterocycles. The molecule has 6 nitrogen and oxygen atoms in total. The first-order valence-corrected chi connectivity index (χ1v) is 11.6. The van der Waals surface area contributed by atoms with Crippen molar-refractivity contribution in [3.05, 3.63) is 71.3 Å². The van der Waals surface area contributed by atoms with Gasteiger partial charge in [-0.15, -0.1) is 0 Å². The lowest BCUT2D eigenvalue weighted by Gasteiger charge is -2.41. The molecule has 0 radical (unpaired) electrons. The van der Waals surface area contributed by atoms with Gasteiger partial charge in [0.05, 0.1) is 33.0 Å². The first-order valence-electron chi connectivity index (χ1n) is 11.6. The number of nitrogens with one attached hydrogen (secondary N) is 2. The minimum absolute atomic E-state index is 0.0430. The van der Waals surface area contributed by atoms with Gasteiger partial charge in [-0.3, -0.25) is 4.90 Å². The number of ether oxygens (including phenoxy) is 2. The Morgan fingerprint density at radius 3 is 2.22 bits per heavy atom. The van der Waals surface area contributed by atoms with E-state index in [1.165, 1.54) is 16.7 Å². The smallest absolute Gasteiger partial charge is 0.191 e. The molecule has 0 spiro atoms. The SMILES string of the molecule is CCNC(=NCc1ccc(COCc2ccccc2)cc1)NCC(C)(C)N1CCOCC1. The van der Waals surface area contributed by atoms with E-state index in [9.17, 15) is 0 Å². The number of hydrogen-bond acceptors (Lipinski definition) is 4. The van der Waals surface area contributed by atoms with Gasteiger partial charge in [-0.1, -0.05) is 54.6 Å². The molecule has 0 aromatic heterocycles. The van der Waals surface area contributed by atoms with Crippen LogP contribution in [0.3, 0.4) is 0 Å². The Morgan fingerprint density at radius 1 is 0.938 bits per heavy atom. The van der Waals surface area contributed by atoms with E-state index in [2.05, 4.69) is 72.7 Å². The minimum atomic E-state index is 0.0430. The molecule has 1 saturated heterocycles. The number of hydrogen-bond donors (Lipinski definition) is 2. The van der Waals surface area contributed by atoms with E-state index in [1.807, 2.05) is 18.2 Å². The quantitative estimate of drug-likeness (QED) is 0.439. The summed E-state index contributed by atoms with van der Waals surface area (Å²) < 4.78 is 11.3. The van der Waals surface area contributed by atoms with Crippen molar-refractivity contribution >= 4 is 5.96 Å². The van der Waals surface area contributed by atoms with Gasteiger partial charge in [0.2, 0.25) is 0 Å². The van der Waals surface area contributed by atoms with Crippen LogP contribution >= 0.6 is 0 Å². The van der Waals surface area contributed by atoms with E-state index in [0.717, 1.165) is 45.4 Å². The number of morpholine rings is 1. The molecule has 2 aromatic rings. The van der Waals surface area contributed by atoms with Gasteiger partial charge in [0.15, 0.2) is 5.96 Å². The van der Waals surface area contributed by atoms with Gasteiger partial charge in [-0.25, -0.2) is 4.99 Å². The van der Waals surface area contributed by atoms with E-state index >= 15 is 0 Å². The second-order valence-electron chi connectivity index (χ2n) is 8.76. The second kappa shape index (κ2) is 12.6. The fourth-order valence-corrected chi connectivity index (χ4v) is 3.69. The van der Waals surface area contributed by atoms with Crippen LogP contribution in [0.25, 0.3) is 0 Å². The van der Waals surface area contributed by atoms with Gasteiger partial charge >= 0.3 is 0 Å². The van der Waals surface area contributed by atoms with Crippen molar-refractivity contribution in [2.24, 2.45) is 4.99 Å². The highest BCUT2D eigenvalue weighted by atomic mass is 16.5. The highest BCUT2D eigenvalue weighted by molar-refractivity contribution is 5.79. The zero-order valence-electron chi connectivity index (χ0n) is 19.8. The van der Waals surface area contributed by atoms with Crippen LogP contribution < -0.4 is 10.6 Å². The number of guanidine groups is 1. The summed E-state index contributed by atoms with van der Waals surface area (Å²) in [7, 11) is 0. The van der Waals surface area contributed by atoms with Crippen LogP contribution in [0.1, 0.15) is 37.5 Å². The summed E-state index contributed by atoms with van der Waals surface area (Å²) >= 11 is 0. The molecule has 0 unspecified atom stereocenters. The summed E-state index contributed by atoms with van der Waals surface area (Å²) in [5, 5.41) is 6.88. The lowest BCUT2D eigenvalue weighted by molar-refractivity contribution is -0.00834. The second-order valence-corrected chi connectivity index (χ2v) is 8.76. The number of aliphatic imine (C=N–C) groups is 1. The highest BCUT2D eigenvalue weighted by Crippen LogP contribution is 2.15. The summed E-state index contributed by atoms with van der Waals surface area (Å²) in [5.74, 6) is 0.851. The van der Waals surface area contributed by atoms with Gasteiger partial charge in [0, 0.05) is 31.7 Å². The maximum absolute atomic E-state index is 5.83. The van der Waals surface area contributed by atoms with Crippen molar-refractivity contribution in [3.63, 3.8) is 0 Å². The van der Waals surface area contributed by atoms with Gasteiger partial charge in [0.25, 0.3) is 0 Å². The van der Waals surface area contributed by atoms with E-state index < -0.39 is 0 Å². The first kappa shape index (κ1) is 24.2. The largest absolute Gasteiger partial charge is 0.379 e. The Hall–Kier alpha value is -2.41. The fourth-order valence-electron chi connectivity index (χ4n) is 3.69. The highest BCUT2D eigenvalue weighted by Gasteiger charge is 2.28. The third kappa shape index (κ3) is 7.93. The molecule has 1 fully saturated rings. The Bertz CT molecular complexity index is 815. The van der Waals surface area contributed by atoms with Crippen LogP contribution in [-0.2, 0) is 29.2 Å². The molecule has 3 rings (SSSR count). The Labute approximate surface area is 193 Å². The molecule has 6 heteroatoms. The number of nitrogens with zero attached hydrogens (tertiary/aromatic N) is 2. The standard InChI is InChI=1S/C26H38N4O2/c1-4-27-25(29-21-26(2,3)30-14-16-31-17-15-30)28-18-22-10-12-24(13-11-22)20-32-19-23-8-6-5-7-9-23/h5-13H,4,14-21H2,1-3H3,(H2,27,28,29). The number of benzene rings is 2. The molecule has 0 aliphatic carbocycles. The molecule has 0 atom stereocenters. The maximum atomic E-state index is 5.83. The molecule has 1 aliphatic heterocycles. The average Bonchev–Trinajstić information content (AvgIpc) is 2.83. The summed E-state index contributed by atoms with van der Waals surface area (Å²) in [6.07, 6.45) is 0. The molecule has 0 saturated carbocycles.